The van der Waals surface area contributed by atoms with Crippen LogP contribution in [0, 0.1) is 19.8 Å². The second kappa shape index (κ2) is 6.44. The van der Waals surface area contributed by atoms with Gasteiger partial charge in [0.2, 0.25) is 0 Å². The van der Waals surface area contributed by atoms with Crippen molar-refractivity contribution < 1.29 is 4.79 Å². The summed E-state index contributed by atoms with van der Waals surface area (Å²) < 4.78 is 2.18. The number of rotatable bonds is 4. The molecule has 1 aliphatic rings. The Morgan fingerprint density at radius 3 is 2.70 bits per heavy atom. The molecule has 1 amide bonds. The van der Waals surface area contributed by atoms with Crippen molar-refractivity contribution in [2.45, 2.75) is 59.0 Å². The first-order chi connectivity index (χ1) is 9.58. The second-order valence-corrected chi connectivity index (χ2v) is 5.89. The largest absolute Gasteiger partial charge is 0.349 e. The van der Waals surface area contributed by atoms with Gasteiger partial charge in [0.05, 0.1) is 5.56 Å². The fourth-order valence-corrected chi connectivity index (χ4v) is 3.44. The third kappa shape index (κ3) is 2.90. The minimum absolute atomic E-state index is 0.0585. The second-order valence-electron chi connectivity index (χ2n) is 5.89. The van der Waals surface area contributed by atoms with Crippen LogP contribution in [0.3, 0.4) is 0 Å². The van der Waals surface area contributed by atoms with Gasteiger partial charge in [-0.15, -0.1) is 0 Å². The van der Waals surface area contributed by atoms with Crippen molar-refractivity contribution in [2.75, 3.05) is 6.54 Å². The molecule has 4 nitrogen and oxygen atoms in total. The molecule has 2 atom stereocenters. The Labute approximate surface area is 121 Å². The average Bonchev–Trinajstić information content (AvgIpc) is 2.74. The Balaban J connectivity index is 2.11. The summed E-state index contributed by atoms with van der Waals surface area (Å²) in [4.78, 5) is 12.5. The van der Waals surface area contributed by atoms with E-state index < -0.39 is 0 Å². The zero-order chi connectivity index (χ0) is 14.7. The average molecular weight is 277 g/mol. The molecule has 0 aromatic carbocycles. The van der Waals surface area contributed by atoms with Crippen molar-refractivity contribution in [3.8, 4) is 0 Å². The molecule has 2 rings (SSSR count). The number of carbonyl (C=O) groups is 1. The lowest BCUT2D eigenvalue weighted by Crippen LogP contribution is -2.44. The van der Waals surface area contributed by atoms with E-state index in [2.05, 4.69) is 23.7 Å². The molecule has 0 spiro atoms. The first-order valence-corrected chi connectivity index (χ1v) is 7.76. The van der Waals surface area contributed by atoms with E-state index in [1.54, 1.807) is 0 Å². The van der Waals surface area contributed by atoms with Gasteiger partial charge >= 0.3 is 0 Å². The number of nitrogens with one attached hydrogen (secondary N) is 1. The van der Waals surface area contributed by atoms with Crippen LogP contribution in [-0.2, 0) is 6.54 Å². The van der Waals surface area contributed by atoms with Crippen LogP contribution < -0.4 is 11.1 Å². The van der Waals surface area contributed by atoms with Crippen molar-refractivity contribution >= 4 is 5.91 Å². The molecule has 0 aliphatic heterocycles. The summed E-state index contributed by atoms with van der Waals surface area (Å²) in [5.74, 6) is 0.491. The number of hydrogen-bond acceptors (Lipinski definition) is 2. The Kier molecular flexibility index (Phi) is 4.86. The third-order valence-electron chi connectivity index (χ3n) is 4.66. The number of aryl methyl sites for hydroxylation is 1. The van der Waals surface area contributed by atoms with Gasteiger partial charge in [0.1, 0.15) is 0 Å². The zero-order valence-corrected chi connectivity index (χ0v) is 12.9. The highest BCUT2D eigenvalue weighted by Gasteiger charge is 2.26. The van der Waals surface area contributed by atoms with Gasteiger partial charge in [0.25, 0.3) is 5.91 Å². The van der Waals surface area contributed by atoms with Crippen LogP contribution in [0.5, 0.6) is 0 Å². The number of nitrogens with zero attached hydrogens (tertiary/aromatic N) is 1. The minimum atomic E-state index is 0.0585. The molecular formula is C16H27N3O. The van der Waals surface area contributed by atoms with Crippen LogP contribution >= 0.6 is 0 Å². The summed E-state index contributed by atoms with van der Waals surface area (Å²) in [5.41, 5.74) is 8.85. The van der Waals surface area contributed by atoms with E-state index in [-0.39, 0.29) is 11.9 Å². The molecule has 3 N–H and O–H groups in total. The molecule has 112 valence electrons. The molecule has 1 aliphatic carbocycles. The SMILES string of the molecule is CCn1c(C)cc(C(=O)NC2CCCCC2CN)c1C. The van der Waals surface area contributed by atoms with Crippen molar-refractivity contribution in [1.29, 1.82) is 0 Å². The number of hydrogen-bond donors (Lipinski definition) is 2. The molecule has 1 heterocycles. The summed E-state index contributed by atoms with van der Waals surface area (Å²) in [5, 5.41) is 3.21. The maximum atomic E-state index is 12.5. The predicted molar refractivity (Wildman–Crippen MR) is 81.8 cm³/mol. The Morgan fingerprint density at radius 2 is 2.10 bits per heavy atom. The molecule has 1 saturated carbocycles. The summed E-state index contributed by atoms with van der Waals surface area (Å²) in [7, 11) is 0. The van der Waals surface area contributed by atoms with Crippen LogP contribution in [0.2, 0.25) is 0 Å². The van der Waals surface area contributed by atoms with Crippen molar-refractivity contribution in [3.05, 3.63) is 23.0 Å². The molecule has 4 heteroatoms. The standard InChI is InChI=1S/C16H27N3O/c1-4-19-11(2)9-14(12(19)3)16(20)18-15-8-6-5-7-13(15)10-17/h9,13,15H,4-8,10,17H2,1-3H3,(H,18,20). The molecule has 0 radical (unpaired) electrons. The lowest BCUT2D eigenvalue weighted by atomic mass is 9.84. The molecule has 20 heavy (non-hydrogen) atoms. The molecule has 0 bridgehead atoms. The van der Waals surface area contributed by atoms with Gasteiger partial charge in [-0.05, 0) is 52.1 Å². The van der Waals surface area contributed by atoms with Crippen LogP contribution in [0.25, 0.3) is 0 Å². The minimum Gasteiger partial charge on any atom is -0.349 e. The maximum absolute atomic E-state index is 12.5. The molecule has 1 fully saturated rings. The van der Waals surface area contributed by atoms with Gasteiger partial charge in [0, 0.05) is 24.0 Å². The number of carbonyl (C=O) groups excluding carboxylic acids is 1. The highest BCUT2D eigenvalue weighted by atomic mass is 16.1. The van der Waals surface area contributed by atoms with E-state index in [1.807, 2.05) is 13.0 Å². The first kappa shape index (κ1) is 15.1. The van der Waals surface area contributed by atoms with E-state index in [1.165, 1.54) is 12.8 Å². The highest BCUT2D eigenvalue weighted by molar-refractivity contribution is 5.95. The van der Waals surface area contributed by atoms with Gasteiger partial charge in [-0.25, -0.2) is 0 Å². The van der Waals surface area contributed by atoms with Gasteiger partial charge in [-0.1, -0.05) is 12.8 Å². The number of amides is 1. The van der Waals surface area contributed by atoms with Crippen LogP contribution in [0.15, 0.2) is 6.07 Å². The van der Waals surface area contributed by atoms with Crippen LogP contribution in [0.1, 0.15) is 54.4 Å². The number of nitrogens with two attached hydrogens (primary N) is 1. The monoisotopic (exact) mass is 277 g/mol. The molecule has 1 aromatic heterocycles. The lowest BCUT2D eigenvalue weighted by molar-refractivity contribution is 0.0907. The maximum Gasteiger partial charge on any atom is 0.253 e. The summed E-state index contributed by atoms with van der Waals surface area (Å²) in [6.07, 6.45) is 4.61. The van der Waals surface area contributed by atoms with Gasteiger partial charge in [0.15, 0.2) is 0 Å². The highest BCUT2D eigenvalue weighted by Crippen LogP contribution is 2.24. The van der Waals surface area contributed by atoms with E-state index in [9.17, 15) is 4.79 Å². The number of aromatic nitrogens is 1. The Morgan fingerprint density at radius 1 is 1.40 bits per heavy atom. The van der Waals surface area contributed by atoms with Gasteiger partial charge in [-0.2, -0.15) is 0 Å². The quantitative estimate of drug-likeness (QED) is 0.887. The summed E-state index contributed by atoms with van der Waals surface area (Å²) >= 11 is 0. The van der Waals surface area contributed by atoms with E-state index in [4.69, 9.17) is 5.73 Å². The normalized spacial score (nSPS) is 22.8. The molecular weight excluding hydrogens is 250 g/mol. The fraction of sp³-hybridized carbons (Fsp3) is 0.688. The molecule has 1 aromatic rings. The Hall–Kier alpha value is -1.29. The lowest BCUT2D eigenvalue weighted by Gasteiger charge is -2.31. The van der Waals surface area contributed by atoms with Crippen LogP contribution in [0.4, 0.5) is 0 Å². The van der Waals surface area contributed by atoms with Crippen molar-refractivity contribution in [1.82, 2.24) is 9.88 Å². The zero-order valence-electron chi connectivity index (χ0n) is 12.9. The molecule has 0 saturated heterocycles. The smallest absolute Gasteiger partial charge is 0.253 e. The van der Waals surface area contributed by atoms with Gasteiger partial charge in [-0.3, -0.25) is 4.79 Å². The fourth-order valence-electron chi connectivity index (χ4n) is 3.44. The summed E-state index contributed by atoms with van der Waals surface area (Å²) in [6.45, 7) is 7.75. The molecule has 2 unspecified atom stereocenters. The van der Waals surface area contributed by atoms with E-state index >= 15 is 0 Å². The van der Waals surface area contributed by atoms with E-state index in [0.29, 0.717) is 12.5 Å². The van der Waals surface area contributed by atoms with E-state index in [0.717, 1.165) is 36.3 Å². The topological polar surface area (TPSA) is 60.0 Å². The van der Waals surface area contributed by atoms with Gasteiger partial charge < -0.3 is 15.6 Å². The van der Waals surface area contributed by atoms with Crippen molar-refractivity contribution in [2.24, 2.45) is 11.7 Å². The Bertz CT molecular complexity index is 478. The third-order valence-corrected chi connectivity index (χ3v) is 4.66. The van der Waals surface area contributed by atoms with Crippen LogP contribution in [-0.4, -0.2) is 23.1 Å². The summed E-state index contributed by atoms with van der Waals surface area (Å²) in [6, 6.07) is 2.24. The van der Waals surface area contributed by atoms with Crippen molar-refractivity contribution in [3.63, 3.8) is 0 Å². The first-order valence-electron chi connectivity index (χ1n) is 7.76. The predicted octanol–water partition coefficient (Wildman–Crippen LogP) is 2.37.